The van der Waals surface area contributed by atoms with Gasteiger partial charge in [0, 0.05) is 12.7 Å². The van der Waals surface area contributed by atoms with Crippen LogP contribution in [0, 0.1) is 0 Å². The Kier molecular flexibility index (Phi) is 4.90. The van der Waals surface area contributed by atoms with Crippen molar-refractivity contribution in [1.29, 1.82) is 0 Å². The Labute approximate surface area is 89.5 Å². The zero-order chi connectivity index (χ0) is 10.4. The SMILES string of the molecule is CCNc1ncc(COC(C)CC)s1. The topological polar surface area (TPSA) is 34.2 Å². The summed E-state index contributed by atoms with van der Waals surface area (Å²) in [5, 5.41) is 4.16. The standard InChI is InChI=1S/C10H18N2OS/c1-4-8(3)13-7-9-6-12-10(14-9)11-5-2/h6,8H,4-5,7H2,1-3H3,(H,11,12). The van der Waals surface area contributed by atoms with E-state index in [1.54, 1.807) is 11.3 Å². The van der Waals surface area contributed by atoms with Crippen molar-refractivity contribution in [1.82, 2.24) is 4.98 Å². The van der Waals surface area contributed by atoms with E-state index in [9.17, 15) is 0 Å². The Hall–Kier alpha value is -0.610. The monoisotopic (exact) mass is 214 g/mol. The molecule has 4 heteroatoms. The maximum absolute atomic E-state index is 5.61. The molecule has 0 amide bonds. The third-order valence-corrected chi connectivity index (χ3v) is 2.90. The highest BCUT2D eigenvalue weighted by atomic mass is 32.1. The summed E-state index contributed by atoms with van der Waals surface area (Å²) in [5.74, 6) is 0. The molecule has 0 saturated heterocycles. The molecule has 0 aliphatic carbocycles. The summed E-state index contributed by atoms with van der Waals surface area (Å²) in [7, 11) is 0. The molecule has 0 aromatic carbocycles. The molecule has 1 N–H and O–H groups in total. The summed E-state index contributed by atoms with van der Waals surface area (Å²) >= 11 is 1.66. The quantitative estimate of drug-likeness (QED) is 0.790. The summed E-state index contributed by atoms with van der Waals surface area (Å²) in [5.41, 5.74) is 0. The maximum Gasteiger partial charge on any atom is 0.182 e. The minimum atomic E-state index is 0.333. The Bertz CT molecular complexity index is 262. The normalized spacial score (nSPS) is 12.8. The number of hydrogen-bond acceptors (Lipinski definition) is 4. The zero-order valence-electron chi connectivity index (χ0n) is 9.04. The van der Waals surface area contributed by atoms with E-state index in [2.05, 4.69) is 31.1 Å². The van der Waals surface area contributed by atoms with Gasteiger partial charge in [-0.1, -0.05) is 18.3 Å². The van der Waals surface area contributed by atoms with Gasteiger partial charge < -0.3 is 10.1 Å². The maximum atomic E-state index is 5.61. The lowest BCUT2D eigenvalue weighted by Gasteiger charge is -2.08. The van der Waals surface area contributed by atoms with Crippen molar-refractivity contribution in [3.05, 3.63) is 11.1 Å². The Balaban J connectivity index is 2.35. The first kappa shape index (κ1) is 11.5. The Morgan fingerprint density at radius 3 is 3.00 bits per heavy atom. The van der Waals surface area contributed by atoms with Crippen LogP contribution in [0.25, 0.3) is 0 Å². The van der Waals surface area contributed by atoms with Crippen LogP contribution in [-0.2, 0) is 11.3 Å². The average molecular weight is 214 g/mol. The third kappa shape index (κ3) is 3.64. The molecule has 0 spiro atoms. The van der Waals surface area contributed by atoms with E-state index in [0.29, 0.717) is 12.7 Å². The van der Waals surface area contributed by atoms with E-state index >= 15 is 0 Å². The minimum absolute atomic E-state index is 0.333. The number of anilines is 1. The van der Waals surface area contributed by atoms with Gasteiger partial charge in [-0.25, -0.2) is 4.98 Å². The molecule has 0 aliphatic rings. The van der Waals surface area contributed by atoms with Crippen molar-refractivity contribution < 1.29 is 4.74 Å². The minimum Gasteiger partial charge on any atom is -0.373 e. The Morgan fingerprint density at radius 2 is 2.36 bits per heavy atom. The van der Waals surface area contributed by atoms with Crippen molar-refractivity contribution >= 4 is 16.5 Å². The smallest absolute Gasteiger partial charge is 0.182 e. The number of nitrogens with one attached hydrogen (secondary N) is 1. The van der Waals surface area contributed by atoms with E-state index in [-0.39, 0.29) is 0 Å². The average Bonchev–Trinajstić information content (AvgIpc) is 2.63. The highest BCUT2D eigenvalue weighted by molar-refractivity contribution is 7.15. The first-order chi connectivity index (χ1) is 6.76. The van der Waals surface area contributed by atoms with Crippen LogP contribution in [0.5, 0.6) is 0 Å². The van der Waals surface area contributed by atoms with Crippen LogP contribution in [-0.4, -0.2) is 17.6 Å². The van der Waals surface area contributed by atoms with E-state index in [0.717, 1.165) is 18.1 Å². The number of nitrogens with zero attached hydrogens (tertiary/aromatic N) is 1. The van der Waals surface area contributed by atoms with Crippen molar-refractivity contribution in [2.24, 2.45) is 0 Å². The molecule has 80 valence electrons. The van der Waals surface area contributed by atoms with E-state index in [1.165, 1.54) is 4.88 Å². The number of aromatic nitrogens is 1. The molecule has 1 heterocycles. The largest absolute Gasteiger partial charge is 0.373 e. The number of hydrogen-bond donors (Lipinski definition) is 1. The molecule has 3 nitrogen and oxygen atoms in total. The molecular weight excluding hydrogens is 196 g/mol. The third-order valence-electron chi connectivity index (χ3n) is 1.97. The molecule has 0 saturated carbocycles. The molecular formula is C10H18N2OS. The van der Waals surface area contributed by atoms with Gasteiger partial charge in [0.25, 0.3) is 0 Å². The molecule has 0 fully saturated rings. The fourth-order valence-electron chi connectivity index (χ4n) is 0.949. The number of ether oxygens (including phenoxy) is 1. The van der Waals surface area contributed by atoms with Crippen molar-refractivity contribution in [3.8, 4) is 0 Å². The van der Waals surface area contributed by atoms with Gasteiger partial charge in [-0.05, 0) is 20.3 Å². The Morgan fingerprint density at radius 1 is 1.57 bits per heavy atom. The van der Waals surface area contributed by atoms with Crippen LogP contribution in [0.15, 0.2) is 6.20 Å². The molecule has 0 bridgehead atoms. The van der Waals surface area contributed by atoms with Gasteiger partial charge in [-0.2, -0.15) is 0 Å². The lowest BCUT2D eigenvalue weighted by Crippen LogP contribution is -2.05. The first-order valence-corrected chi connectivity index (χ1v) is 5.88. The van der Waals surface area contributed by atoms with Gasteiger partial charge in [-0.15, -0.1) is 0 Å². The predicted octanol–water partition coefficient (Wildman–Crippen LogP) is 2.89. The van der Waals surface area contributed by atoms with Gasteiger partial charge in [-0.3, -0.25) is 0 Å². The molecule has 0 radical (unpaired) electrons. The molecule has 0 aliphatic heterocycles. The van der Waals surface area contributed by atoms with Gasteiger partial charge in [0.1, 0.15) is 0 Å². The van der Waals surface area contributed by atoms with Gasteiger partial charge in [0.05, 0.1) is 17.6 Å². The predicted molar refractivity (Wildman–Crippen MR) is 60.8 cm³/mol. The molecule has 1 rings (SSSR count). The van der Waals surface area contributed by atoms with E-state index in [4.69, 9.17) is 4.74 Å². The van der Waals surface area contributed by atoms with Crippen molar-refractivity contribution in [2.75, 3.05) is 11.9 Å². The fourth-order valence-corrected chi connectivity index (χ4v) is 1.75. The second-order valence-electron chi connectivity index (χ2n) is 3.19. The van der Waals surface area contributed by atoms with Crippen LogP contribution in [0.1, 0.15) is 32.1 Å². The second kappa shape index (κ2) is 5.98. The summed E-state index contributed by atoms with van der Waals surface area (Å²) in [4.78, 5) is 5.42. The van der Waals surface area contributed by atoms with E-state index < -0.39 is 0 Å². The lowest BCUT2D eigenvalue weighted by molar-refractivity contribution is 0.0524. The van der Waals surface area contributed by atoms with Crippen LogP contribution in [0.2, 0.25) is 0 Å². The molecule has 1 unspecified atom stereocenters. The van der Waals surface area contributed by atoms with Crippen LogP contribution >= 0.6 is 11.3 Å². The van der Waals surface area contributed by atoms with Gasteiger partial charge in [0.2, 0.25) is 0 Å². The highest BCUT2D eigenvalue weighted by Crippen LogP contribution is 2.19. The fraction of sp³-hybridized carbons (Fsp3) is 0.700. The van der Waals surface area contributed by atoms with Gasteiger partial charge in [0.15, 0.2) is 5.13 Å². The molecule has 1 aromatic heterocycles. The number of thiazole rings is 1. The summed E-state index contributed by atoms with van der Waals surface area (Å²) < 4.78 is 5.61. The van der Waals surface area contributed by atoms with Crippen molar-refractivity contribution in [3.63, 3.8) is 0 Å². The van der Waals surface area contributed by atoms with Crippen LogP contribution < -0.4 is 5.32 Å². The highest BCUT2D eigenvalue weighted by Gasteiger charge is 2.03. The summed E-state index contributed by atoms with van der Waals surface area (Å²) in [6.45, 7) is 7.88. The van der Waals surface area contributed by atoms with Crippen LogP contribution in [0.3, 0.4) is 0 Å². The van der Waals surface area contributed by atoms with Crippen LogP contribution in [0.4, 0.5) is 5.13 Å². The summed E-state index contributed by atoms with van der Waals surface area (Å²) in [6.07, 6.45) is 3.27. The number of rotatable bonds is 6. The zero-order valence-corrected chi connectivity index (χ0v) is 9.86. The second-order valence-corrected chi connectivity index (χ2v) is 4.31. The molecule has 1 atom stereocenters. The lowest BCUT2D eigenvalue weighted by atomic mass is 10.3. The van der Waals surface area contributed by atoms with Gasteiger partial charge >= 0.3 is 0 Å². The first-order valence-electron chi connectivity index (χ1n) is 5.06. The van der Waals surface area contributed by atoms with E-state index in [1.807, 2.05) is 6.20 Å². The molecule has 14 heavy (non-hydrogen) atoms. The van der Waals surface area contributed by atoms with Crippen molar-refractivity contribution in [2.45, 2.75) is 39.9 Å². The summed E-state index contributed by atoms with van der Waals surface area (Å²) in [6, 6.07) is 0. The molecule has 1 aromatic rings.